The first-order valence-corrected chi connectivity index (χ1v) is 10.5. The molecule has 0 radical (unpaired) electrons. The van der Waals surface area contributed by atoms with Gasteiger partial charge in [-0.05, 0) is 43.5 Å². The Balaban J connectivity index is 1.64. The lowest BCUT2D eigenvalue weighted by molar-refractivity contribution is 0.145. The van der Waals surface area contributed by atoms with Crippen LogP contribution in [0.15, 0.2) is 30.3 Å². The summed E-state index contributed by atoms with van der Waals surface area (Å²) in [5, 5.41) is 20.3. The van der Waals surface area contributed by atoms with Crippen LogP contribution in [0.4, 0.5) is 17.5 Å². The van der Waals surface area contributed by atoms with Crippen LogP contribution < -0.4 is 19.7 Å². The van der Waals surface area contributed by atoms with Crippen LogP contribution >= 0.6 is 0 Å². The number of methoxy groups -OCH3 is 2. The van der Waals surface area contributed by atoms with Crippen molar-refractivity contribution in [2.45, 2.75) is 25.9 Å². The molecule has 0 saturated carbocycles. The number of H-pyrrole nitrogens is 1. The molecule has 1 aromatic carbocycles. The second-order valence-corrected chi connectivity index (χ2v) is 7.73. The fourth-order valence-corrected chi connectivity index (χ4v) is 3.56. The number of ether oxygens (including phenoxy) is 2. The summed E-state index contributed by atoms with van der Waals surface area (Å²) in [5.74, 6) is 4.13. The van der Waals surface area contributed by atoms with Gasteiger partial charge in [-0.15, -0.1) is 0 Å². The van der Waals surface area contributed by atoms with E-state index in [1.807, 2.05) is 49.4 Å². The number of aryl methyl sites for hydroxylation is 1. The summed E-state index contributed by atoms with van der Waals surface area (Å²) in [6, 6.07) is 9.49. The fourth-order valence-electron chi connectivity index (χ4n) is 3.56. The van der Waals surface area contributed by atoms with Crippen LogP contribution in [0.1, 0.15) is 29.9 Å². The largest absolute Gasteiger partial charge is 0.497 e. The molecule has 0 unspecified atom stereocenters. The zero-order chi connectivity index (χ0) is 22.5. The van der Waals surface area contributed by atoms with Gasteiger partial charge in [0.2, 0.25) is 0 Å². The second-order valence-electron chi connectivity index (χ2n) is 7.73. The van der Waals surface area contributed by atoms with E-state index in [1.54, 1.807) is 14.2 Å². The van der Waals surface area contributed by atoms with Gasteiger partial charge in [-0.3, -0.25) is 5.10 Å². The molecule has 0 atom stereocenters. The Bertz CT molecular complexity index is 1070. The Morgan fingerprint density at radius 2 is 1.72 bits per heavy atom. The van der Waals surface area contributed by atoms with Gasteiger partial charge in [0.15, 0.2) is 11.6 Å². The van der Waals surface area contributed by atoms with Crippen LogP contribution in [0.3, 0.4) is 0 Å². The third-order valence-corrected chi connectivity index (χ3v) is 5.28. The highest BCUT2D eigenvalue weighted by Gasteiger charge is 2.19. The molecular formula is C23H28N6O3. The molecule has 3 heterocycles. The number of nitrogens with zero attached hydrogens (tertiary/aromatic N) is 4. The molecule has 3 aromatic rings. The van der Waals surface area contributed by atoms with Gasteiger partial charge in [0, 0.05) is 37.0 Å². The van der Waals surface area contributed by atoms with E-state index in [1.165, 1.54) is 0 Å². The third-order valence-electron chi connectivity index (χ3n) is 5.28. The molecule has 9 nitrogen and oxygen atoms in total. The van der Waals surface area contributed by atoms with Crippen LogP contribution in [0.2, 0.25) is 0 Å². The molecule has 0 amide bonds. The highest BCUT2D eigenvalue weighted by molar-refractivity contribution is 5.70. The first-order valence-electron chi connectivity index (χ1n) is 10.5. The minimum atomic E-state index is -0.250. The average molecular weight is 437 g/mol. The van der Waals surface area contributed by atoms with Crippen molar-refractivity contribution in [2.75, 3.05) is 37.5 Å². The summed E-state index contributed by atoms with van der Waals surface area (Å²) in [6.07, 6.45) is 4.98. The number of hydrogen-bond donors (Lipinski definition) is 3. The number of hydrogen-bond acceptors (Lipinski definition) is 8. The van der Waals surface area contributed by atoms with Gasteiger partial charge in [-0.2, -0.15) is 5.10 Å². The van der Waals surface area contributed by atoms with E-state index >= 15 is 0 Å². The minimum absolute atomic E-state index is 0.250. The smallest absolute Gasteiger partial charge is 0.156 e. The van der Waals surface area contributed by atoms with Gasteiger partial charge in [0.05, 0.1) is 20.3 Å². The zero-order valence-corrected chi connectivity index (χ0v) is 18.5. The standard InChI is InChI=1S/C23H28N6O3/c1-15-10-22(28-27-15)25-21-14-23(29-8-6-17(30)7-9-29)26-20(24-21)5-4-16-11-18(31-2)13-19(12-16)32-3/h4-5,10-14,17,30H,6-9H2,1-3H3,(H2,24,25,26,27,28). The molecule has 0 aliphatic carbocycles. The molecule has 1 aliphatic heterocycles. The van der Waals surface area contributed by atoms with E-state index in [0.717, 1.165) is 43.0 Å². The van der Waals surface area contributed by atoms with Gasteiger partial charge in [0.1, 0.15) is 23.1 Å². The van der Waals surface area contributed by atoms with Crippen molar-refractivity contribution in [3.8, 4) is 11.5 Å². The van der Waals surface area contributed by atoms with Gasteiger partial charge in [-0.1, -0.05) is 6.08 Å². The van der Waals surface area contributed by atoms with Gasteiger partial charge in [-0.25, -0.2) is 9.97 Å². The van der Waals surface area contributed by atoms with E-state index in [-0.39, 0.29) is 6.10 Å². The molecule has 0 bridgehead atoms. The summed E-state index contributed by atoms with van der Waals surface area (Å²) in [4.78, 5) is 11.6. The SMILES string of the molecule is COc1cc(C=Cc2nc(Nc3cc(C)[nH]n3)cc(N3CCC(O)CC3)n2)cc(OC)c1. The normalized spacial score (nSPS) is 14.7. The molecule has 9 heteroatoms. The Kier molecular flexibility index (Phi) is 6.55. The van der Waals surface area contributed by atoms with Gasteiger partial charge >= 0.3 is 0 Å². The van der Waals surface area contributed by atoms with Crippen LogP contribution in [-0.2, 0) is 0 Å². The van der Waals surface area contributed by atoms with E-state index in [9.17, 15) is 5.11 Å². The number of benzene rings is 1. The number of anilines is 3. The summed E-state index contributed by atoms with van der Waals surface area (Å²) in [5.41, 5.74) is 1.87. The molecule has 32 heavy (non-hydrogen) atoms. The molecule has 2 aromatic heterocycles. The summed E-state index contributed by atoms with van der Waals surface area (Å²) >= 11 is 0. The Labute approximate surface area is 187 Å². The molecule has 1 aliphatic rings. The monoisotopic (exact) mass is 436 g/mol. The molecule has 3 N–H and O–H groups in total. The lowest BCUT2D eigenvalue weighted by Crippen LogP contribution is -2.36. The van der Waals surface area contributed by atoms with Crippen LogP contribution in [-0.4, -0.2) is 58.7 Å². The van der Waals surface area contributed by atoms with Crippen LogP contribution in [0.5, 0.6) is 11.5 Å². The summed E-state index contributed by atoms with van der Waals surface area (Å²) in [7, 11) is 3.25. The summed E-state index contributed by atoms with van der Waals surface area (Å²) < 4.78 is 10.7. The molecule has 1 saturated heterocycles. The van der Waals surface area contributed by atoms with Crippen molar-refractivity contribution in [2.24, 2.45) is 0 Å². The average Bonchev–Trinajstić information content (AvgIpc) is 3.22. The number of nitrogens with one attached hydrogen (secondary N) is 2. The second kappa shape index (κ2) is 9.69. The lowest BCUT2D eigenvalue weighted by Gasteiger charge is -2.30. The van der Waals surface area contributed by atoms with Crippen molar-refractivity contribution < 1.29 is 14.6 Å². The van der Waals surface area contributed by atoms with E-state index in [2.05, 4.69) is 25.4 Å². The topological polar surface area (TPSA) is 108 Å². The molecule has 4 rings (SSSR count). The highest BCUT2D eigenvalue weighted by Crippen LogP contribution is 2.25. The van der Waals surface area contributed by atoms with Crippen LogP contribution in [0.25, 0.3) is 12.2 Å². The first kappa shape index (κ1) is 21.6. The summed E-state index contributed by atoms with van der Waals surface area (Å²) in [6.45, 7) is 3.43. The number of aliphatic hydroxyl groups excluding tert-OH is 1. The van der Waals surface area contributed by atoms with Crippen molar-refractivity contribution in [1.82, 2.24) is 20.2 Å². The Morgan fingerprint density at radius 3 is 2.34 bits per heavy atom. The molecule has 1 fully saturated rings. The predicted octanol–water partition coefficient (Wildman–Crippen LogP) is 3.40. The number of piperidine rings is 1. The van der Waals surface area contributed by atoms with Gasteiger partial charge < -0.3 is 24.8 Å². The van der Waals surface area contributed by atoms with Gasteiger partial charge in [0.25, 0.3) is 0 Å². The highest BCUT2D eigenvalue weighted by atomic mass is 16.5. The Hall–Kier alpha value is -3.59. The maximum absolute atomic E-state index is 9.86. The predicted molar refractivity (Wildman–Crippen MR) is 125 cm³/mol. The number of aromatic amines is 1. The molecule has 168 valence electrons. The van der Waals surface area contributed by atoms with Crippen molar-refractivity contribution in [3.05, 3.63) is 47.4 Å². The number of aliphatic hydroxyl groups is 1. The van der Waals surface area contributed by atoms with Crippen molar-refractivity contribution in [3.63, 3.8) is 0 Å². The maximum Gasteiger partial charge on any atom is 0.156 e. The van der Waals surface area contributed by atoms with Crippen LogP contribution in [0, 0.1) is 6.92 Å². The lowest BCUT2D eigenvalue weighted by atomic mass is 10.1. The van der Waals surface area contributed by atoms with E-state index in [4.69, 9.17) is 14.5 Å². The van der Waals surface area contributed by atoms with E-state index < -0.39 is 0 Å². The minimum Gasteiger partial charge on any atom is -0.497 e. The van der Waals surface area contributed by atoms with Crippen molar-refractivity contribution >= 4 is 29.6 Å². The van der Waals surface area contributed by atoms with Crippen molar-refractivity contribution in [1.29, 1.82) is 0 Å². The van der Waals surface area contributed by atoms with E-state index in [0.29, 0.717) is 29.0 Å². The molecule has 0 spiro atoms. The third kappa shape index (κ3) is 5.36. The molecular weight excluding hydrogens is 408 g/mol. The number of aromatic nitrogens is 4. The first-order chi connectivity index (χ1) is 15.5. The number of rotatable bonds is 7. The Morgan fingerprint density at radius 1 is 1.00 bits per heavy atom. The maximum atomic E-state index is 9.86. The zero-order valence-electron chi connectivity index (χ0n) is 18.5. The fraction of sp³-hybridized carbons (Fsp3) is 0.348. The quantitative estimate of drug-likeness (QED) is 0.517.